The maximum absolute atomic E-state index is 11.3. The number of rotatable bonds is 1. The van der Waals surface area contributed by atoms with E-state index < -0.39 is 11.5 Å². The standard InChI is InChI=1S/C7H5N5O2/c8-4(13)6-11-5-3(7(14)12-6)1-9-2-10-5/h1-2H,(H2,8,13)(H,9,10,11,12,14). The molecule has 0 aliphatic carbocycles. The van der Waals surface area contributed by atoms with E-state index in [1.54, 1.807) is 0 Å². The van der Waals surface area contributed by atoms with Crippen LogP contribution in [-0.2, 0) is 0 Å². The molecule has 3 N–H and O–H groups in total. The monoisotopic (exact) mass is 191 g/mol. The first kappa shape index (κ1) is 8.30. The molecule has 0 aromatic carbocycles. The second-order valence-electron chi connectivity index (χ2n) is 2.54. The third kappa shape index (κ3) is 1.20. The minimum absolute atomic E-state index is 0.151. The lowest BCUT2D eigenvalue weighted by molar-refractivity contribution is 0.0990. The van der Waals surface area contributed by atoms with Gasteiger partial charge < -0.3 is 10.7 Å². The number of carbonyl (C=O) groups excluding carboxylic acids is 1. The highest BCUT2D eigenvalue weighted by atomic mass is 16.2. The second-order valence-corrected chi connectivity index (χ2v) is 2.54. The van der Waals surface area contributed by atoms with Crippen LogP contribution < -0.4 is 11.3 Å². The number of hydrogen-bond donors (Lipinski definition) is 2. The van der Waals surface area contributed by atoms with Gasteiger partial charge in [-0.3, -0.25) is 9.59 Å². The molecule has 70 valence electrons. The summed E-state index contributed by atoms with van der Waals surface area (Å²) in [7, 11) is 0. The molecule has 7 heteroatoms. The largest absolute Gasteiger partial charge is 0.363 e. The van der Waals surface area contributed by atoms with Gasteiger partial charge in [0.25, 0.3) is 11.5 Å². The zero-order valence-electron chi connectivity index (χ0n) is 6.89. The summed E-state index contributed by atoms with van der Waals surface area (Å²) in [6.45, 7) is 0. The molecule has 0 radical (unpaired) electrons. The molecule has 2 heterocycles. The lowest BCUT2D eigenvalue weighted by atomic mass is 10.4. The van der Waals surface area contributed by atoms with Crippen molar-refractivity contribution < 1.29 is 4.79 Å². The summed E-state index contributed by atoms with van der Waals surface area (Å²) < 4.78 is 0. The van der Waals surface area contributed by atoms with E-state index >= 15 is 0 Å². The number of H-pyrrole nitrogens is 1. The Morgan fingerprint density at radius 3 is 3.00 bits per heavy atom. The van der Waals surface area contributed by atoms with Crippen molar-refractivity contribution in [3.05, 3.63) is 28.7 Å². The molecule has 2 rings (SSSR count). The normalized spacial score (nSPS) is 10.3. The highest BCUT2D eigenvalue weighted by Gasteiger charge is 2.07. The van der Waals surface area contributed by atoms with Crippen LogP contribution in [0.5, 0.6) is 0 Å². The van der Waals surface area contributed by atoms with Gasteiger partial charge in [-0.1, -0.05) is 0 Å². The van der Waals surface area contributed by atoms with E-state index in [4.69, 9.17) is 5.73 Å². The Kier molecular flexibility index (Phi) is 1.70. The molecule has 0 fully saturated rings. The molecule has 0 bridgehead atoms. The number of amides is 1. The number of primary amides is 1. The summed E-state index contributed by atoms with van der Waals surface area (Å²) in [5.74, 6) is -1.01. The van der Waals surface area contributed by atoms with Crippen molar-refractivity contribution in [2.24, 2.45) is 5.73 Å². The van der Waals surface area contributed by atoms with Crippen LogP contribution in [0.15, 0.2) is 17.3 Å². The number of nitrogens with zero attached hydrogens (tertiary/aromatic N) is 3. The highest BCUT2D eigenvalue weighted by molar-refractivity contribution is 5.90. The molecule has 0 aliphatic rings. The average Bonchev–Trinajstić information content (AvgIpc) is 2.17. The third-order valence-corrected chi connectivity index (χ3v) is 1.62. The molecule has 0 atom stereocenters. The fraction of sp³-hybridized carbons (Fsp3) is 0. The van der Waals surface area contributed by atoms with Crippen molar-refractivity contribution in [1.82, 2.24) is 19.9 Å². The Labute approximate surface area is 77.0 Å². The molecule has 1 amide bonds. The first-order chi connectivity index (χ1) is 6.68. The Morgan fingerprint density at radius 1 is 1.50 bits per heavy atom. The minimum atomic E-state index is -0.803. The summed E-state index contributed by atoms with van der Waals surface area (Å²) in [6.07, 6.45) is 2.55. The summed E-state index contributed by atoms with van der Waals surface area (Å²) >= 11 is 0. The molecule has 2 aromatic rings. The highest BCUT2D eigenvalue weighted by Crippen LogP contribution is 1.99. The number of carbonyl (C=O) groups is 1. The van der Waals surface area contributed by atoms with Crippen molar-refractivity contribution >= 4 is 16.9 Å². The summed E-state index contributed by atoms with van der Waals surface area (Å²) in [5, 5.41) is 0.220. The summed E-state index contributed by atoms with van der Waals surface area (Å²) in [6, 6.07) is 0. The predicted octanol–water partition coefficient (Wildman–Crippen LogP) is -1.19. The van der Waals surface area contributed by atoms with Crippen molar-refractivity contribution in [3.8, 4) is 0 Å². The van der Waals surface area contributed by atoms with Crippen LogP contribution in [0.1, 0.15) is 10.6 Å². The number of nitrogens with one attached hydrogen (secondary N) is 1. The van der Waals surface area contributed by atoms with E-state index in [2.05, 4.69) is 19.9 Å². The first-order valence-electron chi connectivity index (χ1n) is 3.68. The SMILES string of the molecule is NC(=O)c1nc2ncncc2c(=O)[nH]1. The molecule has 0 aliphatic heterocycles. The zero-order valence-corrected chi connectivity index (χ0v) is 6.89. The topological polar surface area (TPSA) is 115 Å². The van der Waals surface area contributed by atoms with Gasteiger partial charge >= 0.3 is 0 Å². The Hall–Kier alpha value is -2.31. The number of aromatic nitrogens is 4. The van der Waals surface area contributed by atoms with E-state index in [1.807, 2.05) is 0 Å². The van der Waals surface area contributed by atoms with Crippen molar-refractivity contribution in [1.29, 1.82) is 0 Å². The van der Waals surface area contributed by atoms with Crippen LogP contribution in [0.2, 0.25) is 0 Å². The van der Waals surface area contributed by atoms with E-state index in [0.29, 0.717) is 0 Å². The fourth-order valence-electron chi connectivity index (χ4n) is 0.998. The molecule has 0 spiro atoms. The van der Waals surface area contributed by atoms with E-state index in [9.17, 15) is 9.59 Å². The van der Waals surface area contributed by atoms with Crippen molar-refractivity contribution in [2.75, 3.05) is 0 Å². The maximum atomic E-state index is 11.3. The molecule has 2 aromatic heterocycles. The number of fused-ring (bicyclic) bond motifs is 1. The van der Waals surface area contributed by atoms with Crippen LogP contribution in [0, 0.1) is 0 Å². The van der Waals surface area contributed by atoms with Crippen molar-refractivity contribution in [2.45, 2.75) is 0 Å². The number of nitrogens with two attached hydrogens (primary N) is 1. The fourth-order valence-corrected chi connectivity index (χ4v) is 0.998. The smallest absolute Gasteiger partial charge is 0.284 e. The molecule has 0 unspecified atom stereocenters. The third-order valence-electron chi connectivity index (χ3n) is 1.62. The summed E-state index contributed by atoms with van der Waals surface area (Å²) in [4.78, 5) is 35.4. The summed E-state index contributed by atoms with van der Waals surface area (Å²) in [5.41, 5.74) is 4.63. The molecular weight excluding hydrogens is 186 g/mol. The minimum Gasteiger partial charge on any atom is -0.363 e. The second kappa shape index (κ2) is 2.87. The van der Waals surface area contributed by atoms with Gasteiger partial charge in [0.2, 0.25) is 5.82 Å². The van der Waals surface area contributed by atoms with Gasteiger partial charge in [-0.2, -0.15) is 0 Å². The number of aromatic amines is 1. The molecule has 14 heavy (non-hydrogen) atoms. The Balaban J connectivity index is 2.86. The maximum Gasteiger partial charge on any atom is 0.284 e. The van der Waals surface area contributed by atoms with Gasteiger partial charge in [0.05, 0.1) is 0 Å². The van der Waals surface area contributed by atoms with E-state index in [-0.39, 0.29) is 16.9 Å². The number of hydrogen-bond acceptors (Lipinski definition) is 5. The molecule has 0 saturated carbocycles. The van der Waals surface area contributed by atoms with Gasteiger partial charge in [-0.25, -0.2) is 15.0 Å². The zero-order chi connectivity index (χ0) is 10.1. The van der Waals surface area contributed by atoms with Gasteiger partial charge in [0.15, 0.2) is 5.65 Å². The lowest BCUT2D eigenvalue weighted by Gasteiger charge is -1.96. The lowest BCUT2D eigenvalue weighted by Crippen LogP contribution is -2.21. The van der Waals surface area contributed by atoms with Crippen LogP contribution in [0.4, 0.5) is 0 Å². The first-order valence-corrected chi connectivity index (χ1v) is 3.68. The van der Waals surface area contributed by atoms with Gasteiger partial charge in [-0.05, 0) is 0 Å². The predicted molar refractivity (Wildman–Crippen MR) is 46.5 cm³/mol. The molecule has 0 saturated heterocycles. The van der Waals surface area contributed by atoms with Gasteiger partial charge in [0.1, 0.15) is 11.7 Å². The average molecular weight is 191 g/mol. The molecular formula is C7H5N5O2. The van der Waals surface area contributed by atoms with E-state index in [1.165, 1.54) is 12.5 Å². The van der Waals surface area contributed by atoms with Gasteiger partial charge in [0, 0.05) is 6.20 Å². The molecule has 7 nitrogen and oxygen atoms in total. The quantitative estimate of drug-likeness (QED) is 0.588. The Bertz CT molecular complexity index is 561. The van der Waals surface area contributed by atoms with Crippen LogP contribution in [0.25, 0.3) is 11.0 Å². The van der Waals surface area contributed by atoms with Crippen LogP contribution in [-0.4, -0.2) is 25.8 Å². The Morgan fingerprint density at radius 2 is 2.29 bits per heavy atom. The van der Waals surface area contributed by atoms with Crippen LogP contribution >= 0.6 is 0 Å². The van der Waals surface area contributed by atoms with Crippen LogP contribution in [0.3, 0.4) is 0 Å². The van der Waals surface area contributed by atoms with E-state index in [0.717, 1.165) is 0 Å². The van der Waals surface area contributed by atoms with Crippen molar-refractivity contribution in [3.63, 3.8) is 0 Å². The van der Waals surface area contributed by atoms with Gasteiger partial charge in [-0.15, -0.1) is 0 Å².